The van der Waals surface area contributed by atoms with Crippen LogP contribution in [0, 0.1) is 5.41 Å². The lowest BCUT2D eigenvalue weighted by atomic mass is 9.83. The maximum atomic E-state index is 12.4. The number of hydrogen-bond acceptors (Lipinski definition) is 2. The van der Waals surface area contributed by atoms with E-state index in [0.717, 1.165) is 0 Å². The zero-order chi connectivity index (χ0) is 15.7. The molecule has 0 atom stereocenters. The molecule has 0 saturated carbocycles. The Balaban J connectivity index is 5.45. The Labute approximate surface area is 100 Å². The van der Waals surface area contributed by atoms with E-state index in [9.17, 15) is 44.3 Å². The fourth-order valence-electron chi connectivity index (χ4n) is 1.21. The van der Waals surface area contributed by atoms with E-state index >= 15 is 0 Å². The van der Waals surface area contributed by atoms with Crippen molar-refractivity contribution in [1.29, 1.82) is 0 Å². The van der Waals surface area contributed by atoms with E-state index in [0.29, 0.717) is 6.92 Å². The van der Waals surface area contributed by atoms with Crippen LogP contribution in [0.4, 0.5) is 39.5 Å². The van der Waals surface area contributed by atoms with Crippen molar-refractivity contribution < 1.29 is 49.0 Å². The SMILES string of the molecule is CCC(C(=O)OCC(F)(F)F)(C(F)(F)F)C(F)(F)F. The van der Waals surface area contributed by atoms with E-state index in [1.165, 1.54) is 0 Å². The van der Waals surface area contributed by atoms with Gasteiger partial charge in [-0.1, -0.05) is 6.92 Å². The summed E-state index contributed by atoms with van der Waals surface area (Å²) in [4.78, 5) is 10.9. The lowest BCUT2D eigenvalue weighted by Crippen LogP contribution is -2.56. The van der Waals surface area contributed by atoms with Gasteiger partial charge in [0.2, 0.25) is 0 Å². The second-order valence-electron chi connectivity index (χ2n) is 3.45. The number of alkyl halides is 9. The average molecular weight is 306 g/mol. The van der Waals surface area contributed by atoms with Gasteiger partial charge >= 0.3 is 24.5 Å². The summed E-state index contributed by atoms with van der Waals surface area (Å²) in [5.41, 5.74) is -4.97. The average Bonchev–Trinajstić information content (AvgIpc) is 2.10. The van der Waals surface area contributed by atoms with Gasteiger partial charge in [-0.05, 0) is 6.42 Å². The van der Waals surface area contributed by atoms with Gasteiger partial charge in [-0.3, -0.25) is 4.79 Å². The summed E-state index contributed by atoms with van der Waals surface area (Å²) >= 11 is 0. The maximum absolute atomic E-state index is 12.4. The molecule has 0 heterocycles. The summed E-state index contributed by atoms with van der Waals surface area (Å²) < 4.78 is 113. The van der Waals surface area contributed by atoms with E-state index in [4.69, 9.17) is 0 Å². The van der Waals surface area contributed by atoms with Crippen LogP contribution in [0.25, 0.3) is 0 Å². The molecule has 0 amide bonds. The predicted molar refractivity (Wildman–Crippen MR) is 41.8 cm³/mol. The third-order valence-corrected chi connectivity index (χ3v) is 2.21. The van der Waals surface area contributed by atoms with Crippen LogP contribution in [-0.4, -0.2) is 31.1 Å². The summed E-state index contributed by atoms with van der Waals surface area (Å²) in [6.45, 7) is -2.16. The minimum absolute atomic E-state index is 0.371. The van der Waals surface area contributed by atoms with Gasteiger partial charge in [-0.15, -0.1) is 0 Å². The number of ether oxygens (including phenoxy) is 1. The fourth-order valence-corrected chi connectivity index (χ4v) is 1.21. The standard InChI is InChI=1S/C8H7F9O2/c1-2-5(7(12,13)14,8(15,16)17)4(18)19-3-6(9,10)11/h2-3H2,1H3. The summed E-state index contributed by atoms with van der Waals surface area (Å²) in [6, 6.07) is 0. The quantitative estimate of drug-likeness (QED) is 0.588. The molecule has 0 fully saturated rings. The van der Waals surface area contributed by atoms with Gasteiger partial charge in [-0.25, -0.2) is 0 Å². The van der Waals surface area contributed by atoms with Crippen LogP contribution in [-0.2, 0) is 9.53 Å². The molecule has 0 aliphatic heterocycles. The van der Waals surface area contributed by atoms with Crippen LogP contribution in [0.2, 0.25) is 0 Å². The first-order valence-electron chi connectivity index (χ1n) is 4.56. The molecule has 0 aliphatic carbocycles. The van der Waals surface area contributed by atoms with Crippen molar-refractivity contribution in [2.24, 2.45) is 5.41 Å². The molecule has 114 valence electrons. The Kier molecular flexibility index (Phi) is 4.77. The third kappa shape index (κ3) is 3.66. The fraction of sp³-hybridized carbons (Fsp3) is 0.875. The second kappa shape index (κ2) is 5.08. The van der Waals surface area contributed by atoms with Crippen LogP contribution < -0.4 is 0 Å². The molecule has 0 aromatic carbocycles. The molecule has 0 aromatic rings. The molecule has 11 heteroatoms. The number of carbonyl (C=O) groups is 1. The van der Waals surface area contributed by atoms with Crippen LogP contribution in [0.15, 0.2) is 0 Å². The smallest absolute Gasteiger partial charge is 0.422 e. The van der Waals surface area contributed by atoms with Crippen LogP contribution in [0.1, 0.15) is 13.3 Å². The Morgan fingerprint density at radius 2 is 1.26 bits per heavy atom. The van der Waals surface area contributed by atoms with Crippen molar-refractivity contribution in [1.82, 2.24) is 0 Å². The molecule has 2 nitrogen and oxygen atoms in total. The van der Waals surface area contributed by atoms with Crippen LogP contribution in [0.5, 0.6) is 0 Å². The van der Waals surface area contributed by atoms with E-state index in [2.05, 4.69) is 4.74 Å². The summed E-state index contributed by atoms with van der Waals surface area (Å²) in [7, 11) is 0. The van der Waals surface area contributed by atoms with Crippen LogP contribution >= 0.6 is 0 Å². The monoisotopic (exact) mass is 306 g/mol. The number of halogens is 9. The molecule has 0 aromatic heterocycles. The largest absolute Gasteiger partial charge is 0.455 e. The number of esters is 1. The van der Waals surface area contributed by atoms with E-state index in [1.807, 2.05) is 0 Å². The molecule has 0 unspecified atom stereocenters. The summed E-state index contributed by atoms with van der Waals surface area (Å²) in [6.07, 6.45) is -19.3. The highest BCUT2D eigenvalue weighted by Crippen LogP contribution is 2.53. The Bertz CT molecular complexity index is 311. The lowest BCUT2D eigenvalue weighted by molar-refractivity contribution is -0.335. The van der Waals surface area contributed by atoms with Crippen molar-refractivity contribution in [3.8, 4) is 0 Å². The molecule has 0 spiro atoms. The van der Waals surface area contributed by atoms with Gasteiger partial charge in [0.25, 0.3) is 5.41 Å². The van der Waals surface area contributed by atoms with Crippen molar-refractivity contribution in [3.05, 3.63) is 0 Å². The van der Waals surface area contributed by atoms with Gasteiger partial charge in [0.1, 0.15) is 0 Å². The van der Waals surface area contributed by atoms with Gasteiger partial charge in [0, 0.05) is 0 Å². The highest BCUT2D eigenvalue weighted by molar-refractivity contribution is 5.79. The van der Waals surface area contributed by atoms with Crippen molar-refractivity contribution in [3.63, 3.8) is 0 Å². The van der Waals surface area contributed by atoms with Crippen LogP contribution in [0.3, 0.4) is 0 Å². The van der Waals surface area contributed by atoms with Gasteiger partial charge in [0.05, 0.1) is 0 Å². The first kappa shape index (κ1) is 17.8. The molecule has 0 saturated heterocycles. The Morgan fingerprint density at radius 3 is 1.47 bits per heavy atom. The van der Waals surface area contributed by atoms with Crippen molar-refractivity contribution in [2.75, 3.05) is 6.61 Å². The van der Waals surface area contributed by atoms with Gasteiger partial charge in [-0.2, -0.15) is 39.5 Å². The van der Waals surface area contributed by atoms with Crippen molar-refractivity contribution >= 4 is 5.97 Å². The Hall–Kier alpha value is -1.16. The second-order valence-corrected chi connectivity index (χ2v) is 3.45. The minimum Gasteiger partial charge on any atom is -0.455 e. The summed E-state index contributed by atoms with van der Waals surface area (Å²) in [5, 5.41) is 0. The molecule has 0 bridgehead atoms. The maximum Gasteiger partial charge on any atom is 0.422 e. The van der Waals surface area contributed by atoms with Gasteiger partial charge < -0.3 is 4.74 Å². The topological polar surface area (TPSA) is 26.3 Å². The normalized spacial score (nSPS) is 14.4. The zero-order valence-corrected chi connectivity index (χ0v) is 9.13. The highest BCUT2D eigenvalue weighted by Gasteiger charge is 2.75. The van der Waals surface area contributed by atoms with Gasteiger partial charge in [0.15, 0.2) is 6.61 Å². The molecular formula is C8H7F9O2. The van der Waals surface area contributed by atoms with E-state index in [-0.39, 0.29) is 0 Å². The predicted octanol–water partition coefficient (Wildman–Crippen LogP) is 3.61. The van der Waals surface area contributed by atoms with Crippen molar-refractivity contribution in [2.45, 2.75) is 31.9 Å². The number of carbonyl (C=O) groups excluding carboxylic acids is 1. The molecule has 0 rings (SSSR count). The zero-order valence-electron chi connectivity index (χ0n) is 9.13. The minimum atomic E-state index is -6.12. The van der Waals surface area contributed by atoms with E-state index in [1.54, 1.807) is 0 Å². The summed E-state index contributed by atoms with van der Waals surface area (Å²) in [5.74, 6) is -3.02. The number of hydrogen-bond donors (Lipinski definition) is 0. The molecular weight excluding hydrogens is 299 g/mol. The Morgan fingerprint density at radius 1 is 0.895 bits per heavy atom. The molecule has 0 aliphatic rings. The highest BCUT2D eigenvalue weighted by atomic mass is 19.4. The first-order chi connectivity index (χ1) is 8.19. The first-order valence-corrected chi connectivity index (χ1v) is 4.56. The molecule has 0 radical (unpaired) electrons. The van der Waals surface area contributed by atoms with E-state index < -0.39 is 42.9 Å². The molecule has 0 N–H and O–H groups in total. The lowest BCUT2D eigenvalue weighted by Gasteiger charge is -2.34. The third-order valence-electron chi connectivity index (χ3n) is 2.21. The molecule has 19 heavy (non-hydrogen) atoms. The number of rotatable bonds is 3.